The number of benzene rings is 2. The normalized spacial score (nSPS) is 11.2. The number of halogens is 2. The lowest BCUT2D eigenvalue weighted by atomic mass is 10.2. The number of nitrogens with zero attached hydrogens (tertiary/aromatic N) is 1. The van der Waals surface area contributed by atoms with Gasteiger partial charge in [0.15, 0.2) is 0 Å². The number of unbranched alkanes of at least 4 members (excludes halogenated alkanes) is 2. The Labute approximate surface area is 186 Å². The average Bonchev–Trinajstić information content (AvgIpc) is 2.75. The van der Waals surface area contributed by atoms with Gasteiger partial charge in [-0.1, -0.05) is 50.4 Å². The summed E-state index contributed by atoms with van der Waals surface area (Å²) in [7, 11) is 0. The molecular formula is C25H36ClFN2O. The number of rotatable bonds is 15. The molecule has 0 aromatic heterocycles. The SMILES string of the molecule is CCCCN(CCCC)CCCNCc1cc(Cl)ccc1OCc1ccc(F)cc1. The first kappa shape index (κ1) is 24.6. The molecule has 0 amide bonds. The molecule has 0 fully saturated rings. The van der Waals surface area contributed by atoms with E-state index in [1.165, 1.54) is 50.9 Å². The summed E-state index contributed by atoms with van der Waals surface area (Å²) in [5.41, 5.74) is 1.97. The second kappa shape index (κ2) is 14.4. The van der Waals surface area contributed by atoms with Gasteiger partial charge in [0.25, 0.3) is 0 Å². The van der Waals surface area contributed by atoms with Gasteiger partial charge in [0.1, 0.15) is 18.2 Å². The van der Waals surface area contributed by atoms with Crippen LogP contribution in [0.25, 0.3) is 0 Å². The van der Waals surface area contributed by atoms with Crippen LogP contribution in [0.5, 0.6) is 5.75 Å². The van der Waals surface area contributed by atoms with Crippen LogP contribution in [0.3, 0.4) is 0 Å². The van der Waals surface area contributed by atoms with Crippen molar-refractivity contribution < 1.29 is 9.13 Å². The highest BCUT2D eigenvalue weighted by Gasteiger charge is 2.07. The minimum Gasteiger partial charge on any atom is -0.489 e. The van der Waals surface area contributed by atoms with E-state index in [1.54, 1.807) is 12.1 Å². The molecule has 30 heavy (non-hydrogen) atoms. The van der Waals surface area contributed by atoms with E-state index in [0.29, 0.717) is 18.2 Å². The van der Waals surface area contributed by atoms with Crippen LogP contribution in [-0.2, 0) is 13.2 Å². The Balaban J connectivity index is 1.79. The van der Waals surface area contributed by atoms with Gasteiger partial charge in [0.05, 0.1) is 0 Å². The van der Waals surface area contributed by atoms with Crippen molar-refractivity contribution in [3.8, 4) is 5.75 Å². The standard InChI is InChI=1S/C25H36ClFN2O/c1-3-5-15-29(16-6-4-2)17-7-14-28-19-22-18-23(26)10-13-25(22)30-20-21-8-11-24(27)12-9-21/h8-13,18,28H,3-7,14-17,19-20H2,1-2H3. The van der Waals surface area contributed by atoms with Crippen LogP contribution in [-0.4, -0.2) is 31.1 Å². The number of hydrogen-bond donors (Lipinski definition) is 1. The van der Waals surface area contributed by atoms with Crippen LogP contribution >= 0.6 is 11.6 Å². The highest BCUT2D eigenvalue weighted by atomic mass is 35.5. The van der Waals surface area contributed by atoms with Gasteiger partial charge in [0, 0.05) is 17.1 Å². The topological polar surface area (TPSA) is 24.5 Å². The van der Waals surface area contributed by atoms with Gasteiger partial charge in [-0.05, 0) is 81.3 Å². The molecule has 0 aliphatic carbocycles. The molecule has 0 atom stereocenters. The summed E-state index contributed by atoms with van der Waals surface area (Å²) >= 11 is 6.20. The molecule has 3 nitrogen and oxygen atoms in total. The Morgan fingerprint density at radius 3 is 2.27 bits per heavy atom. The quantitative estimate of drug-likeness (QED) is 0.326. The predicted molar refractivity (Wildman–Crippen MR) is 125 cm³/mol. The van der Waals surface area contributed by atoms with Crippen LogP contribution in [0.4, 0.5) is 4.39 Å². The molecule has 0 bridgehead atoms. The van der Waals surface area contributed by atoms with Crippen LogP contribution in [0.15, 0.2) is 42.5 Å². The highest BCUT2D eigenvalue weighted by molar-refractivity contribution is 6.30. The first-order valence-electron chi connectivity index (χ1n) is 11.2. The highest BCUT2D eigenvalue weighted by Crippen LogP contribution is 2.24. The van der Waals surface area contributed by atoms with Crippen molar-refractivity contribution >= 4 is 11.6 Å². The molecule has 0 aliphatic rings. The second-order valence-corrected chi connectivity index (χ2v) is 8.18. The monoisotopic (exact) mass is 434 g/mol. The molecule has 2 aromatic carbocycles. The van der Waals surface area contributed by atoms with E-state index in [-0.39, 0.29) is 5.82 Å². The van der Waals surface area contributed by atoms with Gasteiger partial charge < -0.3 is 15.0 Å². The molecule has 0 saturated carbocycles. The number of nitrogens with one attached hydrogen (secondary N) is 1. The second-order valence-electron chi connectivity index (χ2n) is 7.75. The first-order chi connectivity index (χ1) is 14.6. The molecule has 166 valence electrons. The van der Waals surface area contributed by atoms with Crippen molar-refractivity contribution in [3.63, 3.8) is 0 Å². The fourth-order valence-corrected chi connectivity index (χ4v) is 3.51. The fourth-order valence-electron chi connectivity index (χ4n) is 3.32. The summed E-state index contributed by atoms with van der Waals surface area (Å²) in [4.78, 5) is 2.59. The molecule has 0 heterocycles. The zero-order chi connectivity index (χ0) is 21.6. The fraction of sp³-hybridized carbons (Fsp3) is 0.520. The minimum atomic E-state index is -0.238. The summed E-state index contributed by atoms with van der Waals surface area (Å²) < 4.78 is 19.0. The molecule has 0 spiro atoms. The van der Waals surface area contributed by atoms with Gasteiger partial charge in [-0.15, -0.1) is 0 Å². The Hall–Kier alpha value is -1.62. The average molecular weight is 435 g/mol. The lowest BCUT2D eigenvalue weighted by molar-refractivity contribution is 0.260. The van der Waals surface area contributed by atoms with Crippen LogP contribution in [0, 0.1) is 5.82 Å². The van der Waals surface area contributed by atoms with Gasteiger partial charge in [-0.2, -0.15) is 0 Å². The summed E-state index contributed by atoms with van der Waals surface area (Å²) in [6.45, 7) is 10.1. The zero-order valence-electron chi connectivity index (χ0n) is 18.4. The van der Waals surface area contributed by atoms with Crippen molar-refractivity contribution in [2.75, 3.05) is 26.2 Å². The van der Waals surface area contributed by atoms with Crippen LogP contribution < -0.4 is 10.1 Å². The summed E-state index contributed by atoms with van der Waals surface area (Å²) in [5.74, 6) is 0.571. The molecule has 2 aromatic rings. The van der Waals surface area contributed by atoms with Crippen LogP contribution in [0.1, 0.15) is 57.1 Å². The third-order valence-electron chi connectivity index (χ3n) is 5.13. The van der Waals surface area contributed by atoms with Gasteiger partial charge >= 0.3 is 0 Å². The maximum Gasteiger partial charge on any atom is 0.124 e. The molecule has 0 unspecified atom stereocenters. The Bertz CT molecular complexity index is 716. The summed E-state index contributed by atoms with van der Waals surface area (Å²) in [6.07, 6.45) is 6.16. The maximum atomic E-state index is 13.1. The molecule has 1 N–H and O–H groups in total. The molecule has 0 saturated heterocycles. The molecule has 0 radical (unpaired) electrons. The Morgan fingerprint density at radius 2 is 1.60 bits per heavy atom. The van der Waals surface area contributed by atoms with Gasteiger partial charge in [0.2, 0.25) is 0 Å². The van der Waals surface area contributed by atoms with E-state index < -0.39 is 0 Å². The van der Waals surface area contributed by atoms with Crippen molar-refractivity contribution in [1.82, 2.24) is 10.2 Å². The molecule has 5 heteroatoms. The van der Waals surface area contributed by atoms with E-state index in [1.807, 2.05) is 18.2 Å². The van der Waals surface area contributed by atoms with E-state index in [9.17, 15) is 4.39 Å². The molecular weight excluding hydrogens is 399 g/mol. The summed E-state index contributed by atoms with van der Waals surface area (Å²) in [5, 5.41) is 4.23. The first-order valence-corrected chi connectivity index (χ1v) is 11.6. The Kier molecular flexibility index (Phi) is 11.8. The van der Waals surface area contributed by atoms with E-state index in [0.717, 1.165) is 36.4 Å². The predicted octanol–water partition coefficient (Wildman–Crippen LogP) is 6.44. The van der Waals surface area contributed by atoms with Gasteiger partial charge in [-0.3, -0.25) is 0 Å². The zero-order valence-corrected chi connectivity index (χ0v) is 19.2. The van der Waals surface area contributed by atoms with E-state index in [2.05, 4.69) is 24.1 Å². The third kappa shape index (κ3) is 9.46. The number of ether oxygens (including phenoxy) is 1. The van der Waals surface area contributed by atoms with Crippen molar-refractivity contribution in [2.45, 2.75) is 59.1 Å². The van der Waals surface area contributed by atoms with Crippen molar-refractivity contribution in [3.05, 3.63) is 64.4 Å². The van der Waals surface area contributed by atoms with Crippen LogP contribution in [0.2, 0.25) is 5.02 Å². The lowest BCUT2D eigenvalue weighted by Crippen LogP contribution is -2.29. The maximum absolute atomic E-state index is 13.1. The Morgan fingerprint density at radius 1 is 0.933 bits per heavy atom. The molecule has 0 aliphatic heterocycles. The van der Waals surface area contributed by atoms with Crippen molar-refractivity contribution in [2.24, 2.45) is 0 Å². The van der Waals surface area contributed by atoms with Crippen molar-refractivity contribution in [1.29, 1.82) is 0 Å². The third-order valence-corrected chi connectivity index (χ3v) is 5.36. The number of hydrogen-bond acceptors (Lipinski definition) is 3. The molecule has 2 rings (SSSR count). The smallest absolute Gasteiger partial charge is 0.124 e. The van der Waals surface area contributed by atoms with Gasteiger partial charge in [-0.25, -0.2) is 4.39 Å². The minimum absolute atomic E-state index is 0.238. The van der Waals surface area contributed by atoms with E-state index in [4.69, 9.17) is 16.3 Å². The summed E-state index contributed by atoms with van der Waals surface area (Å²) in [6, 6.07) is 12.1. The van der Waals surface area contributed by atoms with E-state index >= 15 is 0 Å². The lowest BCUT2D eigenvalue weighted by Gasteiger charge is -2.22. The largest absolute Gasteiger partial charge is 0.489 e.